The van der Waals surface area contributed by atoms with Crippen LogP contribution in [0.5, 0.6) is 0 Å². The van der Waals surface area contributed by atoms with Crippen molar-refractivity contribution < 1.29 is 34.2 Å². The van der Waals surface area contributed by atoms with Crippen LogP contribution in [0.2, 0.25) is 0 Å². The number of benzene rings is 1. The lowest BCUT2D eigenvalue weighted by Gasteiger charge is -2.27. The third-order valence-corrected chi connectivity index (χ3v) is 6.15. The van der Waals surface area contributed by atoms with Gasteiger partial charge in [-0.25, -0.2) is 4.79 Å². The Labute approximate surface area is 226 Å². The molecule has 10 N–H and O–H groups in total. The van der Waals surface area contributed by atoms with Crippen LogP contribution in [0.4, 0.5) is 0 Å². The van der Waals surface area contributed by atoms with Crippen LogP contribution in [0.1, 0.15) is 45.6 Å². The van der Waals surface area contributed by atoms with Crippen molar-refractivity contribution in [2.45, 2.75) is 76.7 Å². The van der Waals surface area contributed by atoms with Crippen LogP contribution in [0.15, 0.2) is 30.5 Å². The van der Waals surface area contributed by atoms with Crippen LogP contribution >= 0.6 is 0 Å². The maximum atomic E-state index is 13.2. The Morgan fingerprint density at radius 2 is 1.59 bits per heavy atom. The Morgan fingerprint density at radius 1 is 0.949 bits per heavy atom. The first-order chi connectivity index (χ1) is 18.3. The number of hydrogen-bond acceptors (Lipinski definition) is 7. The van der Waals surface area contributed by atoms with Crippen molar-refractivity contribution in [1.82, 2.24) is 20.9 Å². The number of hydrogen-bond donors (Lipinski definition) is 8. The Bertz CT molecular complexity index is 1180. The zero-order chi connectivity index (χ0) is 29.3. The number of carboxylic acids is 1. The summed E-state index contributed by atoms with van der Waals surface area (Å²) in [6, 6.07) is 2.32. The second-order valence-corrected chi connectivity index (χ2v) is 9.99. The number of carbonyl (C=O) groups excluding carboxylic acids is 4. The van der Waals surface area contributed by atoms with Crippen LogP contribution in [-0.4, -0.2) is 75.1 Å². The molecule has 1 aromatic heterocycles. The topological polar surface area (TPSA) is 230 Å². The number of nitrogens with two attached hydrogens (primary N) is 2. The molecule has 0 bridgehead atoms. The quantitative estimate of drug-likeness (QED) is 0.142. The predicted octanol–water partition coefficient (Wildman–Crippen LogP) is -0.731. The smallest absolute Gasteiger partial charge is 0.326 e. The van der Waals surface area contributed by atoms with E-state index in [2.05, 4.69) is 20.9 Å². The van der Waals surface area contributed by atoms with Gasteiger partial charge in [0.15, 0.2) is 0 Å². The fourth-order valence-electron chi connectivity index (χ4n) is 4.05. The number of para-hydroxylation sites is 1. The van der Waals surface area contributed by atoms with Gasteiger partial charge in [0, 0.05) is 29.9 Å². The normalized spacial score (nSPS) is 15.1. The minimum atomic E-state index is -1.46. The summed E-state index contributed by atoms with van der Waals surface area (Å²) in [4.78, 5) is 64.7. The molecule has 0 saturated carbocycles. The van der Waals surface area contributed by atoms with E-state index in [1.807, 2.05) is 38.1 Å². The van der Waals surface area contributed by atoms with Gasteiger partial charge in [-0.1, -0.05) is 32.0 Å². The summed E-state index contributed by atoms with van der Waals surface area (Å²) in [5.74, 6) is -4.33. The van der Waals surface area contributed by atoms with Gasteiger partial charge in [0.05, 0.1) is 12.1 Å². The molecule has 1 heterocycles. The van der Waals surface area contributed by atoms with Gasteiger partial charge in [-0.05, 0) is 37.3 Å². The first-order valence-corrected chi connectivity index (χ1v) is 12.7. The number of amides is 4. The van der Waals surface area contributed by atoms with E-state index in [9.17, 15) is 34.2 Å². The van der Waals surface area contributed by atoms with Crippen LogP contribution in [0.25, 0.3) is 10.9 Å². The number of rotatable bonds is 15. The van der Waals surface area contributed by atoms with Gasteiger partial charge in [-0.2, -0.15) is 0 Å². The summed E-state index contributed by atoms with van der Waals surface area (Å²) in [5, 5.41) is 28.1. The van der Waals surface area contributed by atoms with E-state index in [-0.39, 0.29) is 31.6 Å². The molecule has 13 heteroatoms. The number of carboxylic acid groups (broad SMARTS) is 1. The number of aliphatic hydroxyl groups excluding tert-OH is 1. The Morgan fingerprint density at radius 3 is 2.18 bits per heavy atom. The molecule has 5 atom stereocenters. The number of aromatic amines is 1. The zero-order valence-electron chi connectivity index (χ0n) is 22.3. The van der Waals surface area contributed by atoms with Gasteiger partial charge < -0.3 is 42.6 Å². The van der Waals surface area contributed by atoms with Crippen molar-refractivity contribution in [1.29, 1.82) is 0 Å². The third-order valence-electron chi connectivity index (χ3n) is 6.15. The molecule has 5 unspecified atom stereocenters. The number of H-pyrrole nitrogens is 1. The number of aliphatic hydroxyl groups is 1. The monoisotopic (exact) mass is 546 g/mol. The average molecular weight is 547 g/mol. The van der Waals surface area contributed by atoms with Gasteiger partial charge >= 0.3 is 5.97 Å². The molecule has 214 valence electrons. The molecule has 0 radical (unpaired) electrons. The molecule has 39 heavy (non-hydrogen) atoms. The average Bonchev–Trinajstić information content (AvgIpc) is 3.26. The molecule has 2 rings (SSSR count). The second kappa shape index (κ2) is 14.3. The Kier molecular flexibility index (Phi) is 11.4. The molecule has 2 aromatic rings. The van der Waals surface area contributed by atoms with Crippen molar-refractivity contribution in [3.8, 4) is 0 Å². The predicted molar refractivity (Wildman–Crippen MR) is 143 cm³/mol. The Hall–Kier alpha value is -3.97. The minimum absolute atomic E-state index is 0.00296. The minimum Gasteiger partial charge on any atom is -0.480 e. The first-order valence-electron chi connectivity index (χ1n) is 12.7. The molecule has 0 spiro atoms. The molecule has 1 aromatic carbocycles. The number of aromatic nitrogens is 1. The molecular formula is C26H38N6O7. The molecule has 0 aliphatic rings. The van der Waals surface area contributed by atoms with Gasteiger partial charge in [0.25, 0.3) is 0 Å². The van der Waals surface area contributed by atoms with E-state index in [1.165, 1.54) is 6.92 Å². The van der Waals surface area contributed by atoms with E-state index in [4.69, 9.17) is 11.5 Å². The van der Waals surface area contributed by atoms with Crippen molar-refractivity contribution in [2.24, 2.45) is 17.4 Å². The van der Waals surface area contributed by atoms with Crippen molar-refractivity contribution >= 4 is 40.5 Å². The van der Waals surface area contributed by atoms with Crippen LogP contribution in [-0.2, 0) is 30.4 Å². The van der Waals surface area contributed by atoms with Crippen LogP contribution in [0.3, 0.4) is 0 Å². The number of carbonyl (C=O) groups is 5. The summed E-state index contributed by atoms with van der Waals surface area (Å²) in [6.45, 7) is 4.91. The molecule has 0 aliphatic carbocycles. The summed E-state index contributed by atoms with van der Waals surface area (Å²) >= 11 is 0. The molecule has 0 fully saturated rings. The highest BCUT2D eigenvalue weighted by atomic mass is 16.4. The van der Waals surface area contributed by atoms with Gasteiger partial charge in [0.2, 0.25) is 23.6 Å². The standard InChI is InChI=1S/C26H38N6O7/c1-13(2)10-19(30-25(37)22(14(3)33)32-23(35)17(27)8-9-21(28)34)24(36)31-20(26(38)39)11-15-12-29-18-7-5-4-6-16(15)18/h4-7,12-14,17,19-20,22,29,33H,8-11,27H2,1-3H3,(H2,28,34)(H,30,37)(H,31,36)(H,32,35)(H,38,39). The third kappa shape index (κ3) is 9.37. The van der Waals surface area contributed by atoms with Crippen LogP contribution < -0.4 is 27.4 Å². The molecule has 0 aliphatic heterocycles. The van der Waals surface area contributed by atoms with Gasteiger partial charge in [-0.15, -0.1) is 0 Å². The molecule has 4 amide bonds. The van der Waals surface area contributed by atoms with Crippen molar-refractivity contribution in [3.63, 3.8) is 0 Å². The SMILES string of the molecule is CC(C)CC(NC(=O)C(NC(=O)C(N)CCC(N)=O)C(C)O)C(=O)NC(Cc1c[nH]c2ccccc12)C(=O)O. The van der Waals surface area contributed by atoms with Crippen LogP contribution in [0, 0.1) is 5.92 Å². The first kappa shape index (κ1) is 31.2. The number of nitrogens with one attached hydrogen (secondary N) is 4. The number of fused-ring (bicyclic) bond motifs is 1. The highest BCUT2D eigenvalue weighted by Gasteiger charge is 2.33. The fourth-order valence-corrected chi connectivity index (χ4v) is 4.05. The second-order valence-electron chi connectivity index (χ2n) is 9.99. The summed E-state index contributed by atoms with van der Waals surface area (Å²) in [7, 11) is 0. The summed E-state index contributed by atoms with van der Waals surface area (Å²) in [5.41, 5.74) is 12.3. The van der Waals surface area contributed by atoms with E-state index in [0.717, 1.165) is 10.9 Å². The fraction of sp³-hybridized carbons (Fsp3) is 0.500. The lowest BCUT2D eigenvalue weighted by molar-refractivity contribution is -0.142. The van der Waals surface area contributed by atoms with Gasteiger partial charge in [0.1, 0.15) is 18.1 Å². The number of aliphatic carboxylic acids is 1. The highest BCUT2D eigenvalue weighted by Crippen LogP contribution is 2.19. The Balaban J connectivity index is 2.14. The van der Waals surface area contributed by atoms with Gasteiger partial charge in [-0.3, -0.25) is 19.2 Å². The lowest BCUT2D eigenvalue weighted by atomic mass is 10.0. The van der Waals surface area contributed by atoms with E-state index in [0.29, 0.717) is 5.56 Å². The number of primary amides is 1. The lowest BCUT2D eigenvalue weighted by Crippen LogP contribution is -2.60. The summed E-state index contributed by atoms with van der Waals surface area (Å²) in [6.07, 6.45) is 0.303. The maximum Gasteiger partial charge on any atom is 0.326 e. The molecule has 0 saturated heterocycles. The molecular weight excluding hydrogens is 508 g/mol. The van der Waals surface area contributed by atoms with E-state index >= 15 is 0 Å². The van der Waals surface area contributed by atoms with Crippen molar-refractivity contribution in [2.75, 3.05) is 0 Å². The maximum absolute atomic E-state index is 13.2. The van der Waals surface area contributed by atoms with E-state index in [1.54, 1.807) is 6.20 Å². The van der Waals surface area contributed by atoms with Crippen molar-refractivity contribution in [3.05, 3.63) is 36.0 Å². The molecule has 13 nitrogen and oxygen atoms in total. The largest absolute Gasteiger partial charge is 0.480 e. The summed E-state index contributed by atoms with van der Waals surface area (Å²) < 4.78 is 0. The highest BCUT2D eigenvalue weighted by molar-refractivity contribution is 5.94. The zero-order valence-corrected chi connectivity index (χ0v) is 22.3. The van der Waals surface area contributed by atoms with E-state index < -0.39 is 59.9 Å².